The van der Waals surface area contributed by atoms with E-state index in [9.17, 15) is 43.2 Å². The molecule has 19 heteroatoms. The van der Waals surface area contributed by atoms with Crippen LogP contribution in [0.4, 0.5) is 0 Å². The summed E-state index contributed by atoms with van der Waals surface area (Å²) in [5.41, 5.74) is 0. The maximum Gasteiger partial charge on any atom is 0.472 e. The number of aliphatic hydroxyl groups excluding tert-OH is 1. The van der Waals surface area contributed by atoms with Gasteiger partial charge in [0.25, 0.3) is 0 Å². The molecular formula is C87H170O17P2. The molecule has 17 nitrogen and oxygen atoms in total. The topological polar surface area (TPSA) is 237 Å². The summed E-state index contributed by atoms with van der Waals surface area (Å²) in [5, 5.41) is 10.7. The Morgan fingerprint density at radius 1 is 0.274 bits per heavy atom. The first kappa shape index (κ1) is 104. The van der Waals surface area contributed by atoms with E-state index < -0.39 is 97.5 Å². The van der Waals surface area contributed by atoms with Gasteiger partial charge in [0.05, 0.1) is 26.4 Å². The summed E-state index contributed by atoms with van der Waals surface area (Å²) < 4.78 is 68.9. The monoisotopic (exact) mass is 1550 g/mol. The molecular weight excluding hydrogens is 1380 g/mol. The molecule has 6 atom stereocenters. The fourth-order valence-electron chi connectivity index (χ4n) is 13.5. The fourth-order valence-corrected chi connectivity index (χ4v) is 15.1. The molecule has 0 fully saturated rings. The summed E-state index contributed by atoms with van der Waals surface area (Å²) in [7, 11) is -9.93. The second-order valence-electron chi connectivity index (χ2n) is 32.5. The standard InChI is InChI=1S/C87H170O17P2/c1-8-10-11-12-13-14-15-16-17-18-19-20-21-22-23-28-34-41-49-56-63-70-86(91)103-82(74-97-84(89)68-61-54-47-40-33-27-25-24-26-32-39-46-53-60-67-80(7)9-2)76-101-105(93,94)99-72-81(88)73-100-106(95,96)102-77-83(75-98-85(90)69-62-55-48-43-36-38-45-52-59-66-79(5)6)104-87(92)71-64-57-50-42-35-30-29-31-37-44-51-58-65-78(3)4/h78-83,88H,8-77H2,1-7H3,(H,93,94)(H,95,96)/t80?,81-,82-,83-/m1/s1. The van der Waals surface area contributed by atoms with Crippen LogP contribution in [0.2, 0.25) is 0 Å². The number of aliphatic hydroxyl groups is 1. The van der Waals surface area contributed by atoms with Gasteiger partial charge in [0, 0.05) is 25.7 Å². The molecule has 0 aliphatic heterocycles. The van der Waals surface area contributed by atoms with Crippen molar-refractivity contribution in [1.29, 1.82) is 0 Å². The third-order valence-corrected chi connectivity index (χ3v) is 22.6. The average molecular weight is 1550 g/mol. The molecule has 3 unspecified atom stereocenters. The first-order chi connectivity index (χ1) is 51.3. The molecule has 0 amide bonds. The summed E-state index contributed by atoms with van der Waals surface area (Å²) in [4.78, 5) is 73.3. The van der Waals surface area contributed by atoms with Gasteiger partial charge >= 0.3 is 39.5 Å². The second-order valence-corrected chi connectivity index (χ2v) is 35.4. The smallest absolute Gasteiger partial charge is 0.462 e. The Morgan fingerprint density at radius 2 is 0.481 bits per heavy atom. The molecule has 630 valence electrons. The van der Waals surface area contributed by atoms with Crippen molar-refractivity contribution < 1.29 is 80.2 Å². The average Bonchev–Trinajstić information content (AvgIpc) is 0.892. The maximum absolute atomic E-state index is 13.2. The number of rotatable bonds is 85. The van der Waals surface area contributed by atoms with E-state index in [4.69, 9.17) is 37.0 Å². The van der Waals surface area contributed by atoms with Crippen molar-refractivity contribution in [3.8, 4) is 0 Å². The van der Waals surface area contributed by atoms with Crippen LogP contribution < -0.4 is 0 Å². The molecule has 0 radical (unpaired) electrons. The van der Waals surface area contributed by atoms with Gasteiger partial charge in [0.2, 0.25) is 0 Å². The highest BCUT2D eigenvalue weighted by Crippen LogP contribution is 2.45. The first-order valence-corrected chi connectivity index (χ1v) is 47.9. The lowest BCUT2D eigenvalue weighted by Gasteiger charge is -2.21. The summed E-state index contributed by atoms with van der Waals surface area (Å²) in [6.45, 7) is 12.0. The number of carbonyl (C=O) groups excluding carboxylic acids is 4. The van der Waals surface area contributed by atoms with Crippen LogP contribution in [0.1, 0.15) is 459 Å². The van der Waals surface area contributed by atoms with Gasteiger partial charge in [-0.15, -0.1) is 0 Å². The van der Waals surface area contributed by atoms with Crippen molar-refractivity contribution in [3.05, 3.63) is 0 Å². The van der Waals surface area contributed by atoms with E-state index in [1.54, 1.807) is 0 Å². The quantitative estimate of drug-likeness (QED) is 0.0222. The Bertz CT molecular complexity index is 2050. The summed E-state index contributed by atoms with van der Waals surface area (Å²) in [6, 6.07) is 0. The van der Waals surface area contributed by atoms with E-state index in [1.807, 2.05) is 0 Å². The lowest BCUT2D eigenvalue weighted by molar-refractivity contribution is -0.161. The van der Waals surface area contributed by atoms with Crippen LogP contribution in [0.5, 0.6) is 0 Å². The van der Waals surface area contributed by atoms with E-state index >= 15 is 0 Å². The Hall–Kier alpha value is -1.94. The molecule has 0 saturated carbocycles. The maximum atomic E-state index is 13.2. The number of esters is 4. The number of carbonyl (C=O) groups is 4. The molecule has 0 saturated heterocycles. The van der Waals surface area contributed by atoms with Crippen LogP contribution >= 0.6 is 15.6 Å². The number of unbranched alkanes of at least 4 members (excludes halogenated alkanes) is 52. The number of hydrogen-bond donors (Lipinski definition) is 3. The van der Waals surface area contributed by atoms with E-state index in [0.717, 1.165) is 108 Å². The Kier molecular flexibility index (Phi) is 75.6. The zero-order chi connectivity index (χ0) is 77.9. The Balaban J connectivity index is 5.25. The molecule has 106 heavy (non-hydrogen) atoms. The van der Waals surface area contributed by atoms with Crippen LogP contribution in [0.25, 0.3) is 0 Å². The van der Waals surface area contributed by atoms with Crippen molar-refractivity contribution >= 4 is 39.5 Å². The number of phosphoric acid groups is 2. The second kappa shape index (κ2) is 77.0. The highest BCUT2D eigenvalue weighted by molar-refractivity contribution is 7.47. The largest absolute Gasteiger partial charge is 0.472 e. The van der Waals surface area contributed by atoms with E-state index in [-0.39, 0.29) is 25.7 Å². The van der Waals surface area contributed by atoms with Crippen molar-refractivity contribution in [2.75, 3.05) is 39.6 Å². The summed E-state index contributed by atoms with van der Waals surface area (Å²) >= 11 is 0. The number of hydrogen-bond acceptors (Lipinski definition) is 15. The van der Waals surface area contributed by atoms with Crippen LogP contribution in [0.15, 0.2) is 0 Å². The molecule has 3 N–H and O–H groups in total. The third kappa shape index (κ3) is 78.7. The summed E-state index contributed by atoms with van der Waals surface area (Å²) in [5.74, 6) is 0.267. The highest BCUT2D eigenvalue weighted by Gasteiger charge is 2.31. The van der Waals surface area contributed by atoms with Crippen molar-refractivity contribution in [3.63, 3.8) is 0 Å². The SMILES string of the molecule is CCCCCCCCCCCCCCCCCCCCCCCC(=O)O[C@H](COC(=O)CCCCCCCCCCCCCCCCC(C)CC)COP(=O)(O)OC[C@@H](O)COP(=O)(O)OC[C@@H](COC(=O)CCCCCCCCCCCC(C)C)OC(=O)CCCCCCCCCCCCCCC(C)C. The van der Waals surface area contributed by atoms with Crippen molar-refractivity contribution in [1.82, 2.24) is 0 Å². The van der Waals surface area contributed by atoms with E-state index in [1.165, 1.54) is 270 Å². The Morgan fingerprint density at radius 3 is 0.717 bits per heavy atom. The normalized spacial score (nSPS) is 14.1. The van der Waals surface area contributed by atoms with Gasteiger partial charge < -0.3 is 33.8 Å². The lowest BCUT2D eigenvalue weighted by Crippen LogP contribution is -2.30. The van der Waals surface area contributed by atoms with E-state index in [0.29, 0.717) is 25.7 Å². The molecule has 0 aromatic heterocycles. The summed E-state index contributed by atoms with van der Waals surface area (Å²) in [6.07, 6.45) is 68.0. The zero-order valence-electron chi connectivity index (χ0n) is 69.9. The predicted octanol–water partition coefficient (Wildman–Crippen LogP) is 26.5. The minimum atomic E-state index is -4.97. The molecule has 0 aromatic carbocycles. The number of phosphoric ester groups is 2. The van der Waals surface area contributed by atoms with Gasteiger partial charge in [-0.2, -0.15) is 0 Å². The molecule has 0 bridgehead atoms. The fraction of sp³-hybridized carbons (Fsp3) is 0.954. The molecule has 0 rings (SSSR count). The predicted molar refractivity (Wildman–Crippen MR) is 437 cm³/mol. The van der Waals surface area contributed by atoms with E-state index in [2.05, 4.69) is 48.5 Å². The Labute approximate surface area is 651 Å². The van der Waals surface area contributed by atoms with Crippen LogP contribution in [0.3, 0.4) is 0 Å². The molecule has 0 spiro atoms. The molecule has 0 aliphatic rings. The van der Waals surface area contributed by atoms with Crippen molar-refractivity contribution in [2.24, 2.45) is 17.8 Å². The molecule has 0 aromatic rings. The van der Waals surface area contributed by atoms with Crippen LogP contribution in [0, 0.1) is 17.8 Å². The minimum absolute atomic E-state index is 0.107. The minimum Gasteiger partial charge on any atom is -0.462 e. The van der Waals surface area contributed by atoms with Gasteiger partial charge in [0.15, 0.2) is 12.2 Å². The van der Waals surface area contributed by atoms with Crippen LogP contribution in [-0.4, -0.2) is 96.7 Å². The first-order valence-electron chi connectivity index (χ1n) is 44.9. The molecule has 0 aliphatic carbocycles. The lowest BCUT2D eigenvalue weighted by atomic mass is 9.99. The zero-order valence-corrected chi connectivity index (χ0v) is 71.7. The van der Waals surface area contributed by atoms with Crippen LogP contribution in [-0.2, 0) is 65.4 Å². The van der Waals surface area contributed by atoms with Gasteiger partial charge in [-0.25, -0.2) is 9.13 Å². The van der Waals surface area contributed by atoms with Crippen molar-refractivity contribution in [2.45, 2.75) is 478 Å². The van der Waals surface area contributed by atoms with Gasteiger partial charge in [-0.1, -0.05) is 408 Å². The highest BCUT2D eigenvalue weighted by atomic mass is 31.2. The number of ether oxygens (including phenoxy) is 4. The third-order valence-electron chi connectivity index (χ3n) is 20.7. The molecule has 0 heterocycles. The van der Waals surface area contributed by atoms with Gasteiger partial charge in [-0.05, 0) is 43.4 Å². The van der Waals surface area contributed by atoms with Gasteiger partial charge in [-0.3, -0.25) is 37.3 Å². The van der Waals surface area contributed by atoms with Gasteiger partial charge in [0.1, 0.15) is 19.3 Å².